The average molecular weight is 404 g/mol. The number of nitrogens with one attached hydrogen (secondary N) is 1. The van der Waals surface area contributed by atoms with Crippen molar-refractivity contribution in [2.24, 2.45) is 0 Å². The summed E-state index contributed by atoms with van der Waals surface area (Å²) in [7, 11) is 4.02. The van der Waals surface area contributed by atoms with Crippen molar-refractivity contribution in [2.45, 2.75) is 58.2 Å². The third-order valence-corrected chi connectivity index (χ3v) is 4.94. The van der Waals surface area contributed by atoms with Gasteiger partial charge in [-0.1, -0.05) is 6.07 Å². The first-order valence-corrected chi connectivity index (χ1v) is 10.1. The van der Waals surface area contributed by atoms with E-state index in [2.05, 4.69) is 19.8 Å². The minimum atomic E-state index is -0.764. The van der Waals surface area contributed by atoms with E-state index in [9.17, 15) is 9.90 Å². The molecule has 1 atom stereocenters. The van der Waals surface area contributed by atoms with Crippen LogP contribution in [0.15, 0.2) is 24.5 Å². The number of imidazole rings is 1. The molecule has 2 N–H and O–H groups in total. The number of carbonyl (C=O) groups excluding carboxylic acids is 1. The monoisotopic (exact) mass is 403 g/mol. The van der Waals surface area contributed by atoms with E-state index >= 15 is 0 Å². The summed E-state index contributed by atoms with van der Waals surface area (Å²) in [4.78, 5) is 20.4. The number of carbonyl (C=O) groups is 1. The smallest absolute Gasteiger partial charge is 0.410 e. The highest BCUT2D eigenvalue weighted by molar-refractivity contribution is 5.76. The van der Waals surface area contributed by atoms with Gasteiger partial charge in [0.1, 0.15) is 11.8 Å². The molecular formula is C21H33N5O3. The number of aromatic nitrogens is 2. The number of hydrogen-bond acceptors (Lipinski definition) is 6. The van der Waals surface area contributed by atoms with Crippen molar-refractivity contribution < 1.29 is 14.6 Å². The molecule has 29 heavy (non-hydrogen) atoms. The molecule has 1 saturated heterocycles. The van der Waals surface area contributed by atoms with Gasteiger partial charge in [0.15, 0.2) is 0 Å². The van der Waals surface area contributed by atoms with Crippen molar-refractivity contribution in [1.29, 1.82) is 0 Å². The first-order valence-electron chi connectivity index (χ1n) is 10.1. The maximum absolute atomic E-state index is 12.2. The van der Waals surface area contributed by atoms with Gasteiger partial charge in [-0.05, 0) is 65.4 Å². The summed E-state index contributed by atoms with van der Waals surface area (Å²) in [6.45, 7) is 7.58. The molecule has 1 fully saturated rings. The Balaban J connectivity index is 1.58. The average Bonchev–Trinajstić information content (AvgIpc) is 3.02. The topological polar surface area (TPSA) is 82.9 Å². The predicted octanol–water partition coefficient (Wildman–Crippen LogP) is 2.54. The summed E-state index contributed by atoms with van der Waals surface area (Å²) in [5.41, 5.74) is 2.23. The van der Waals surface area contributed by atoms with Gasteiger partial charge < -0.3 is 19.3 Å². The van der Waals surface area contributed by atoms with E-state index in [-0.39, 0.29) is 12.1 Å². The van der Waals surface area contributed by atoms with Crippen molar-refractivity contribution in [3.05, 3.63) is 30.1 Å². The van der Waals surface area contributed by atoms with Crippen LogP contribution in [-0.2, 0) is 11.4 Å². The zero-order valence-electron chi connectivity index (χ0n) is 18.1. The molecular weight excluding hydrogens is 370 g/mol. The third kappa shape index (κ3) is 5.68. The lowest BCUT2D eigenvalue weighted by Crippen LogP contribution is -2.47. The van der Waals surface area contributed by atoms with Crippen LogP contribution in [0.5, 0.6) is 0 Å². The highest BCUT2D eigenvalue weighted by Crippen LogP contribution is 2.22. The molecule has 0 bridgehead atoms. The number of aliphatic hydroxyl groups excluding tert-OH is 1. The Labute approximate surface area is 172 Å². The van der Waals surface area contributed by atoms with E-state index in [1.54, 1.807) is 4.90 Å². The lowest BCUT2D eigenvalue weighted by atomic mass is 10.0. The second kappa shape index (κ2) is 8.69. The van der Waals surface area contributed by atoms with Crippen molar-refractivity contribution in [2.75, 3.05) is 27.2 Å². The number of nitrogens with zero attached hydrogens (tertiary/aromatic N) is 4. The van der Waals surface area contributed by atoms with Crippen LogP contribution in [0.25, 0.3) is 11.0 Å². The number of aliphatic hydroxyl groups is 1. The fourth-order valence-electron chi connectivity index (χ4n) is 3.54. The van der Waals surface area contributed by atoms with Gasteiger partial charge in [-0.15, -0.1) is 0 Å². The molecule has 2 aromatic rings. The van der Waals surface area contributed by atoms with Gasteiger partial charge >= 0.3 is 6.09 Å². The molecule has 0 aliphatic carbocycles. The quantitative estimate of drug-likeness (QED) is 0.747. The van der Waals surface area contributed by atoms with Gasteiger partial charge in [-0.25, -0.2) is 9.78 Å². The van der Waals surface area contributed by atoms with Crippen LogP contribution in [0.1, 0.15) is 45.4 Å². The summed E-state index contributed by atoms with van der Waals surface area (Å²) in [5, 5.41) is 14.0. The zero-order valence-corrected chi connectivity index (χ0v) is 18.1. The molecule has 0 radical (unpaired) electrons. The lowest BCUT2D eigenvalue weighted by molar-refractivity contribution is 0.0175. The molecule has 2 heterocycles. The Bertz CT molecular complexity index is 834. The minimum Gasteiger partial charge on any atom is -0.444 e. The molecule has 8 heteroatoms. The molecule has 3 rings (SSSR count). The second-order valence-electron chi connectivity index (χ2n) is 8.99. The minimum absolute atomic E-state index is 0.145. The van der Waals surface area contributed by atoms with Gasteiger partial charge in [-0.3, -0.25) is 10.2 Å². The summed E-state index contributed by atoms with van der Waals surface area (Å²) in [6, 6.07) is 5.97. The fraction of sp³-hybridized carbons (Fsp3) is 0.619. The Morgan fingerprint density at radius 3 is 2.66 bits per heavy atom. The first-order chi connectivity index (χ1) is 13.6. The Hall–Kier alpha value is -2.16. The van der Waals surface area contributed by atoms with Crippen LogP contribution in [0, 0.1) is 0 Å². The predicted molar refractivity (Wildman–Crippen MR) is 112 cm³/mol. The van der Waals surface area contributed by atoms with Crippen LogP contribution in [0.3, 0.4) is 0 Å². The van der Waals surface area contributed by atoms with Gasteiger partial charge in [0.05, 0.1) is 24.0 Å². The number of likely N-dealkylation sites (tertiary alicyclic amines) is 1. The molecule has 160 valence electrons. The number of piperidine rings is 1. The Morgan fingerprint density at radius 2 is 2.03 bits per heavy atom. The van der Waals surface area contributed by atoms with E-state index in [1.807, 2.05) is 59.4 Å². The number of fused-ring (bicyclic) bond motifs is 1. The van der Waals surface area contributed by atoms with Gasteiger partial charge in [0, 0.05) is 19.1 Å². The number of ether oxygens (including phenoxy) is 1. The van der Waals surface area contributed by atoms with Crippen LogP contribution >= 0.6 is 0 Å². The lowest BCUT2D eigenvalue weighted by Gasteiger charge is -2.34. The second-order valence-corrected chi connectivity index (χ2v) is 8.99. The maximum atomic E-state index is 12.2. The number of rotatable bonds is 5. The largest absolute Gasteiger partial charge is 0.444 e. The zero-order chi connectivity index (χ0) is 21.2. The normalized spacial score (nSPS) is 17.1. The first kappa shape index (κ1) is 21.5. The van der Waals surface area contributed by atoms with E-state index in [4.69, 9.17) is 4.74 Å². The molecule has 1 aliphatic heterocycles. The molecule has 0 spiro atoms. The highest BCUT2D eigenvalue weighted by Gasteiger charge is 2.27. The van der Waals surface area contributed by atoms with E-state index < -0.39 is 11.8 Å². The third-order valence-electron chi connectivity index (χ3n) is 4.94. The molecule has 8 nitrogen and oxygen atoms in total. The molecule has 1 aliphatic rings. The van der Waals surface area contributed by atoms with Gasteiger partial charge in [0.2, 0.25) is 0 Å². The van der Waals surface area contributed by atoms with Crippen molar-refractivity contribution >= 4 is 17.1 Å². The van der Waals surface area contributed by atoms with Crippen LogP contribution in [0.2, 0.25) is 0 Å². The van der Waals surface area contributed by atoms with Crippen molar-refractivity contribution in [3.63, 3.8) is 0 Å². The Kier molecular flexibility index (Phi) is 6.45. The number of benzene rings is 1. The van der Waals surface area contributed by atoms with Gasteiger partial charge in [-0.2, -0.15) is 0 Å². The molecule has 1 aromatic heterocycles. The Morgan fingerprint density at radius 1 is 1.34 bits per heavy atom. The SMILES string of the molecule is CN(C)Cn1cnc2ccc(C(O)NC3CCN(C(=O)OC(C)(C)C)CC3)cc21. The molecule has 0 saturated carbocycles. The van der Waals surface area contributed by atoms with Crippen molar-refractivity contribution in [1.82, 2.24) is 24.7 Å². The van der Waals surface area contributed by atoms with Crippen LogP contribution in [-0.4, -0.2) is 69.4 Å². The molecule has 1 unspecified atom stereocenters. The van der Waals surface area contributed by atoms with Gasteiger partial charge in [0.25, 0.3) is 0 Å². The fourth-order valence-corrected chi connectivity index (χ4v) is 3.54. The maximum Gasteiger partial charge on any atom is 0.410 e. The number of amides is 1. The van der Waals surface area contributed by atoms with E-state index in [0.29, 0.717) is 13.1 Å². The van der Waals surface area contributed by atoms with E-state index in [0.717, 1.165) is 36.1 Å². The number of hydrogen-bond donors (Lipinski definition) is 2. The van der Waals surface area contributed by atoms with Crippen molar-refractivity contribution in [3.8, 4) is 0 Å². The summed E-state index contributed by atoms with van der Waals surface area (Å²) in [5.74, 6) is 0. The molecule has 1 aromatic carbocycles. The summed E-state index contributed by atoms with van der Waals surface area (Å²) >= 11 is 0. The van der Waals surface area contributed by atoms with E-state index in [1.165, 1.54) is 0 Å². The summed E-state index contributed by atoms with van der Waals surface area (Å²) in [6.07, 6.45) is 2.34. The van der Waals surface area contributed by atoms with Crippen LogP contribution in [0.4, 0.5) is 4.79 Å². The molecule has 1 amide bonds. The van der Waals surface area contributed by atoms with Crippen LogP contribution < -0.4 is 5.32 Å². The standard InChI is InChI=1S/C21H33N5O3/c1-21(2,3)29-20(28)25-10-8-16(9-11-25)23-19(27)15-6-7-17-18(12-15)26(13-22-17)14-24(4)5/h6-7,12-13,16,19,23,27H,8-11,14H2,1-5H3. The summed E-state index contributed by atoms with van der Waals surface area (Å²) < 4.78 is 7.50. The highest BCUT2D eigenvalue weighted by atomic mass is 16.6.